The average molecular weight is 187 g/mol. The van der Waals surface area contributed by atoms with Crippen LogP contribution in [0.5, 0.6) is 0 Å². The predicted molar refractivity (Wildman–Crippen MR) is 61.8 cm³/mol. The summed E-state index contributed by atoms with van der Waals surface area (Å²) in [7, 11) is 0. The normalized spacial score (nSPS) is 14.3. The van der Waals surface area contributed by atoms with E-state index in [0.29, 0.717) is 0 Å². The lowest BCUT2D eigenvalue weighted by atomic mass is 9.99. The monoisotopic (exact) mass is 187 g/mol. The number of nitrogens with one attached hydrogen (secondary N) is 1. The highest BCUT2D eigenvalue weighted by Gasteiger charge is 2.07. The van der Waals surface area contributed by atoms with E-state index in [4.69, 9.17) is 0 Å². The Morgan fingerprint density at radius 2 is 2.36 bits per heavy atom. The summed E-state index contributed by atoms with van der Waals surface area (Å²) in [5.74, 6) is 0. The predicted octanol–water partition coefficient (Wildman–Crippen LogP) is 3.16. The number of benzene rings is 1. The Bertz CT molecular complexity index is 328. The van der Waals surface area contributed by atoms with Crippen LogP contribution in [-0.2, 0) is 12.8 Å². The molecule has 1 aliphatic heterocycles. The van der Waals surface area contributed by atoms with Crippen molar-refractivity contribution in [3.8, 4) is 0 Å². The highest BCUT2D eigenvalue weighted by Crippen LogP contribution is 2.23. The molecule has 1 aliphatic rings. The van der Waals surface area contributed by atoms with E-state index in [0.717, 1.165) is 19.4 Å². The van der Waals surface area contributed by atoms with Crippen molar-refractivity contribution in [3.63, 3.8) is 0 Å². The minimum atomic E-state index is 1.07. The minimum Gasteiger partial charge on any atom is -0.385 e. The summed E-state index contributed by atoms with van der Waals surface area (Å²) in [6.45, 7) is 4.87. The van der Waals surface area contributed by atoms with Gasteiger partial charge in [0.2, 0.25) is 0 Å². The lowest BCUT2D eigenvalue weighted by molar-refractivity contribution is 0.827. The molecule has 1 heterocycles. The molecule has 1 heteroatoms. The van der Waals surface area contributed by atoms with Gasteiger partial charge in [-0.2, -0.15) is 0 Å². The lowest BCUT2D eigenvalue weighted by Crippen LogP contribution is -2.11. The smallest absolute Gasteiger partial charge is 0.0375 e. The number of hydrogen-bond donors (Lipinski definition) is 1. The Hall–Kier alpha value is -1.24. The highest BCUT2D eigenvalue weighted by molar-refractivity contribution is 5.54. The number of allylic oxidation sites excluding steroid dienone is 1. The van der Waals surface area contributed by atoms with Crippen molar-refractivity contribution in [1.82, 2.24) is 0 Å². The van der Waals surface area contributed by atoms with Gasteiger partial charge in [-0.25, -0.2) is 0 Å². The largest absolute Gasteiger partial charge is 0.385 e. The van der Waals surface area contributed by atoms with Crippen LogP contribution >= 0.6 is 0 Å². The van der Waals surface area contributed by atoms with Crippen LogP contribution in [0.15, 0.2) is 30.9 Å². The fraction of sp³-hybridized carbons (Fsp3) is 0.385. The average Bonchev–Trinajstić information content (AvgIpc) is 2.26. The molecule has 1 aromatic carbocycles. The zero-order valence-electron chi connectivity index (χ0n) is 8.55. The van der Waals surface area contributed by atoms with Gasteiger partial charge in [0, 0.05) is 12.2 Å². The van der Waals surface area contributed by atoms with Crippen LogP contribution in [0, 0.1) is 0 Å². The van der Waals surface area contributed by atoms with Crippen molar-refractivity contribution in [2.75, 3.05) is 11.9 Å². The fourth-order valence-corrected chi connectivity index (χ4v) is 1.93. The van der Waals surface area contributed by atoms with Gasteiger partial charge in [-0.3, -0.25) is 0 Å². The van der Waals surface area contributed by atoms with Crippen molar-refractivity contribution in [3.05, 3.63) is 42.0 Å². The first-order valence-electron chi connectivity index (χ1n) is 5.37. The zero-order chi connectivity index (χ0) is 9.80. The van der Waals surface area contributed by atoms with Crippen LogP contribution in [0.4, 0.5) is 5.69 Å². The molecule has 1 N–H and O–H groups in total. The fourth-order valence-electron chi connectivity index (χ4n) is 1.93. The summed E-state index contributed by atoms with van der Waals surface area (Å²) in [6, 6.07) is 6.80. The maximum atomic E-state index is 3.75. The third-order valence-electron chi connectivity index (χ3n) is 2.75. The van der Waals surface area contributed by atoms with E-state index >= 15 is 0 Å². The standard InChI is InChI=1S/C13H17N/c1-2-3-5-11-7-8-12-6-4-9-14-13(12)10-11/h2,7-8,10,14H,1,3-6,9H2. The molecule has 1 nitrogen and oxygen atoms in total. The Kier molecular flexibility index (Phi) is 2.87. The van der Waals surface area contributed by atoms with E-state index < -0.39 is 0 Å². The van der Waals surface area contributed by atoms with Gasteiger partial charge >= 0.3 is 0 Å². The van der Waals surface area contributed by atoms with Gasteiger partial charge in [0.25, 0.3) is 0 Å². The molecule has 74 valence electrons. The molecule has 0 aliphatic carbocycles. The maximum absolute atomic E-state index is 3.75. The molecule has 1 aromatic rings. The third-order valence-corrected chi connectivity index (χ3v) is 2.75. The lowest BCUT2D eigenvalue weighted by Gasteiger charge is -2.18. The molecule has 14 heavy (non-hydrogen) atoms. The summed E-state index contributed by atoms with van der Waals surface area (Å²) in [4.78, 5) is 0. The van der Waals surface area contributed by atoms with Crippen LogP contribution in [0.2, 0.25) is 0 Å². The first kappa shape index (κ1) is 9.32. The summed E-state index contributed by atoms with van der Waals surface area (Å²) >= 11 is 0. The van der Waals surface area contributed by atoms with Gasteiger partial charge in [-0.05, 0) is 42.9 Å². The van der Waals surface area contributed by atoms with Crippen LogP contribution < -0.4 is 5.32 Å². The molecular weight excluding hydrogens is 170 g/mol. The molecule has 0 saturated heterocycles. The van der Waals surface area contributed by atoms with Crippen LogP contribution in [0.3, 0.4) is 0 Å². The first-order valence-corrected chi connectivity index (χ1v) is 5.37. The van der Waals surface area contributed by atoms with Gasteiger partial charge < -0.3 is 5.32 Å². The molecular formula is C13H17N. The Morgan fingerprint density at radius 1 is 1.43 bits per heavy atom. The van der Waals surface area contributed by atoms with Gasteiger partial charge in [-0.1, -0.05) is 18.2 Å². The molecule has 0 amide bonds. The van der Waals surface area contributed by atoms with Crippen LogP contribution in [0.1, 0.15) is 24.0 Å². The first-order chi connectivity index (χ1) is 6.90. The van der Waals surface area contributed by atoms with E-state index in [2.05, 4.69) is 30.1 Å². The molecule has 0 fully saturated rings. The van der Waals surface area contributed by atoms with Gasteiger partial charge in [0.05, 0.1) is 0 Å². The Labute approximate surface area is 85.8 Å². The molecule has 0 saturated carbocycles. The van der Waals surface area contributed by atoms with Crippen molar-refractivity contribution < 1.29 is 0 Å². The van der Waals surface area contributed by atoms with Crippen molar-refractivity contribution in [2.24, 2.45) is 0 Å². The minimum absolute atomic E-state index is 1.07. The summed E-state index contributed by atoms with van der Waals surface area (Å²) in [5.41, 5.74) is 4.23. The molecule has 0 radical (unpaired) electrons. The summed E-state index contributed by atoms with van der Waals surface area (Å²) in [5, 5.41) is 3.45. The Morgan fingerprint density at radius 3 is 3.21 bits per heavy atom. The number of hydrogen-bond acceptors (Lipinski definition) is 1. The van der Waals surface area contributed by atoms with E-state index in [9.17, 15) is 0 Å². The maximum Gasteiger partial charge on any atom is 0.0375 e. The number of anilines is 1. The SMILES string of the molecule is C=CCCc1ccc2c(c1)NCCC2. The van der Waals surface area contributed by atoms with Crippen LogP contribution in [0.25, 0.3) is 0 Å². The van der Waals surface area contributed by atoms with E-state index in [-0.39, 0.29) is 0 Å². The highest BCUT2D eigenvalue weighted by atomic mass is 14.9. The number of fused-ring (bicyclic) bond motifs is 1. The Balaban J connectivity index is 2.16. The van der Waals surface area contributed by atoms with Crippen molar-refractivity contribution >= 4 is 5.69 Å². The molecule has 2 rings (SSSR count). The zero-order valence-corrected chi connectivity index (χ0v) is 8.55. The number of rotatable bonds is 3. The second kappa shape index (κ2) is 4.32. The molecule has 0 unspecified atom stereocenters. The second-order valence-corrected chi connectivity index (χ2v) is 3.85. The summed E-state index contributed by atoms with van der Waals surface area (Å²) < 4.78 is 0. The second-order valence-electron chi connectivity index (χ2n) is 3.85. The molecule has 0 atom stereocenters. The molecule has 0 bridgehead atoms. The third kappa shape index (κ3) is 1.98. The van der Waals surface area contributed by atoms with Crippen molar-refractivity contribution in [1.29, 1.82) is 0 Å². The van der Waals surface area contributed by atoms with E-state index in [1.807, 2.05) is 6.08 Å². The number of aryl methyl sites for hydroxylation is 2. The topological polar surface area (TPSA) is 12.0 Å². The van der Waals surface area contributed by atoms with Crippen LogP contribution in [-0.4, -0.2) is 6.54 Å². The van der Waals surface area contributed by atoms with Crippen molar-refractivity contribution in [2.45, 2.75) is 25.7 Å². The molecule has 0 aromatic heterocycles. The quantitative estimate of drug-likeness (QED) is 0.717. The van der Waals surface area contributed by atoms with Gasteiger partial charge in [-0.15, -0.1) is 6.58 Å². The summed E-state index contributed by atoms with van der Waals surface area (Å²) in [6.07, 6.45) is 6.65. The van der Waals surface area contributed by atoms with Gasteiger partial charge in [0.15, 0.2) is 0 Å². The van der Waals surface area contributed by atoms with Gasteiger partial charge in [0.1, 0.15) is 0 Å². The van der Waals surface area contributed by atoms with E-state index in [1.165, 1.54) is 29.7 Å². The molecule has 0 spiro atoms. The van der Waals surface area contributed by atoms with E-state index in [1.54, 1.807) is 0 Å².